The van der Waals surface area contributed by atoms with Gasteiger partial charge in [0, 0.05) is 12.7 Å². The van der Waals surface area contributed by atoms with Gasteiger partial charge in [0.25, 0.3) is 0 Å². The summed E-state index contributed by atoms with van der Waals surface area (Å²) >= 11 is 0. The zero-order valence-electron chi connectivity index (χ0n) is 11.0. The first-order valence-corrected chi connectivity index (χ1v) is 7.09. The van der Waals surface area contributed by atoms with Crippen LogP contribution in [-0.2, 0) is 13.1 Å². The molecule has 5 nitrogen and oxygen atoms in total. The summed E-state index contributed by atoms with van der Waals surface area (Å²) < 4.78 is 1.68. The molecule has 0 saturated heterocycles. The molecular weight excluding hydrogens is 228 g/mol. The molecule has 0 radical (unpaired) electrons. The molecular formula is C13H24N4O. The van der Waals surface area contributed by atoms with Crippen molar-refractivity contribution in [3.63, 3.8) is 0 Å². The normalized spacial score (nSPS) is 16.5. The molecule has 0 bridgehead atoms. The lowest BCUT2D eigenvalue weighted by Crippen LogP contribution is -2.15. The monoisotopic (exact) mass is 252 g/mol. The predicted octanol–water partition coefficient (Wildman–Crippen LogP) is 1.33. The van der Waals surface area contributed by atoms with Crippen molar-refractivity contribution >= 4 is 0 Å². The predicted molar refractivity (Wildman–Crippen MR) is 70.0 cm³/mol. The number of aliphatic hydroxyl groups is 1. The standard InChI is InChI=1S/C13H24N4O/c18-9-8-17-11-13(15-16-17)10-14-7-3-6-12-4-1-2-5-12/h11-12,14,18H,1-10H2. The average Bonchev–Trinajstić information content (AvgIpc) is 3.01. The van der Waals surface area contributed by atoms with Crippen LogP contribution < -0.4 is 5.32 Å². The van der Waals surface area contributed by atoms with Gasteiger partial charge in [0.05, 0.1) is 18.8 Å². The van der Waals surface area contributed by atoms with Gasteiger partial charge >= 0.3 is 0 Å². The molecule has 1 fully saturated rings. The van der Waals surface area contributed by atoms with Crippen LogP contribution in [0.5, 0.6) is 0 Å². The van der Waals surface area contributed by atoms with E-state index in [2.05, 4.69) is 15.6 Å². The molecule has 0 aromatic carbocycles. The third kappa shape index (κ3) is 4.38. The molecule has 1 saturated carbocycles. The van der Waals surface area contributed by atoms with Crippen LogP contribution in [0.1, 0.15) is 44.2 Å². The van der Waals surface area contributed by atoms with Crippen molar-refractivity contribution in [1.29, 1.82) is 0 Å². The zero-order valence-corrected chi connectivity index (χ0v) is 11.0. The van der Waals surface area contributed by atoms with E-state index in [1.54, 1.807) is 4.68 Å². The minimum absolute atomic E-state index is 0.109. The van der Waals surface area contributed by atoms with Crippen LogP contribution in [0.3, 0.4) is 0 Å². The molecule has 1 aromatic heterocycles. The van der Waals surface area contributed by atoms with Gasteiger partial charge in [-0.25, -0.2) is 4.68 Å². The second-order valence-corrected chi connectivity index (χ2v) is 5.17. The highest BCUT2D eigenvalue weighted by molar-refractivity contribution is 4.91. The highest BCUT2D eigenvalue weighted by Crippen LogP contribution is 2.28. The topological polar surface area (TPSA) is 63.0 Å². The Labute approximate surface area is 109 Å². The zero-order chi connectivity index (χ0) is 12.6. The van der Waals surface area contributed by atoms with Gasteiger partial charge in [-0.1, -0.05) is 30.9 Å². The molecule has 2 rings (SSSR count). The molecule has 1 aliphatic rings. The Balaban J connectivity index is 1.54. The number of nitrogens with zero attached hydrogens (tertiary/aromatic N) is 3. The second kappa shape index (κ2) is 7.48. The summed E-state index contributed by atoms with van der Waals surface area (Å²) in [4.78, 5) is 0. The van der Waals surface area contributed by atoms with Crippen molar-refractivity contribution in [3.8, 4) is 0 Å². The lowest BCUT2D eigenvalue weighted by molar-refractivity contribution is 0.268. The van der Waals surface area contributed by atoms with Crippen molar-refractivity contribution in [2.45, 2.75) is 51.6 Å². The molecule has 0 atom stereocenters. The fourth-order valence-corrected chi connectivity index (χ4v) is 2.66. The van der Waals surface area contributed by atoms with Gasteiger partial charge in [-0.2, -0.15) is 0 Å². The first kappa shape index (κ1) is 13.5. The summed E-state index contributed by atoms with van der Waals surface area (Å²) in [5.74, 6) is 0.984. The maximum Gasteiger partial charge on any atom is 0.0964 e. The molecule has 18 heavy (non-hydrogen) atoms. The summed E-state index contributed by atoms with van der Waals surface area (Å²) in [7, 11) is 0. The van der Waals surface area contributed by atoms with Gasteiger partial charge in [0.1, 0.15) is 0 Å². The van der Waals surface area contributed by atoms with E-state index in [9.17, 15) is 0 Å². The van der Waals surface area contributed by atoms with E-state index in [1.165, 1.54) is 38.5 Å². The second-order valence-electron chi connectivity index (χ2n) is 5.17. The quantitative estimate of drug-likeness (QED) is 0.685. The number of aromatic nitrogens is 3. The van der Waals surface area contributed by atoms with Crippen LogP contribution in [0.25, 0.3) is 0 Å². The van der Waals surface area contributed by atoms with Crippen molar-refractivity contribution in [1.82, 2.24) is 20.3 Å². The highest BCUT2D eigenvalue weighted by Gasteiger charge is 2.13. The third-order valence-corrected chi connectivity index (χ3v) is 3.66. The summed E-state index contributed by atoms with van der Waals surface area (Å²) in [5.41, 5.74) is 0.948. The fraction of sp³-hybridized carbons (Fsp3) is 0.846. The number of nitrogens with one attached hydrogen (secondary N) is 1. The molecule has 0 aliphatic heterocycles. The Hall–Kier alpha value is -0.940. The van der Waals surface area contributed by atoms with E-state index in [0.29, 0.717) is 6.54 Å². The van der Waals surface area contributed by atoms with Crippen molar-refractivity contribution < 1.29 is 5.11 Å². The minimum Gasteiger partial charge on any atom is -0.394 e. The number of hydrogen-bond acceptors (Lipinski definition) is 4. The van der Waals surface area contributed by atoms with Crippen LogP contribution >= 0.6 is 0 Å². The van der Waals surface area contributed by atoms with Gasteiger partial charge in [-0.05, 0) is 25.3 Å². The maximum atomic E-state index is 8.77. The molecule has 1 heterocycles. The van der Waals surface area contributed by atoms with E-state index < -0.39 is 0 Å². The van der Waals surface area contributed by atoms with E-state index in [4.69, 9.17) is 5.11 Å². The largest absolute Gasteiger partial charge is 0.394 e. The van der Waals surface area contributed by atoms with E-state index in [0.717, 1.165) is 24.7 Å². The molecule has 1 aromatic rings. The average molecular weight is 252 g/mol. The Morgan fingerprint density at radius 3 is 3.00 bits per heavy atom. The minimum atomic E-state index is 0.109. The van der Waals surface area contributed by atoms with Gasteiger partial charge in [-0.3, -0.25) is 0 Å². The fourth-order valence-electron chi connectivity index (χ4n) is 2.66. The first-order valence-electron chi connectivity index (χ1n) is 7.09. The summed E-state index contributed by atoms with van der Waals surface area (Å²) in [5, 5.41) is 20.2. The lowest BCUT2D eigenvalue weighted by atomic mass is 10.0. The van der Waals surface area contributed by atoms with Crippen LogP contribution in [0.2, 0.25) is 0 Å². The van der Waals surface area contributed by atoms with Crippen LogP contribution in [0.15, 0.2) is 6.20 Å². The van der Waals surface area contributed by atoms with E-state index in [-0.39, 0.29) is 6.61 Å². The molecule has 1 aliphatic carbocycles. The molecule has 0 amide bonds. The SMILES string of the molecule is OCCn1cc(CNCCCC2CCCC2)nn1. The first-order chi connectivity index (χ1) is 8.88. The molecule has 5 heteroatoms. The van der Waals surface area contributed by atoms with E-state index >= 15 is 0 Å². The Morgan fingerprint density at radius 2 is 2.22 bits per heavy atom. The van der Waals surface area contributed by atoms with Crippen LogP contribution in [0, 0.1) is 5.92 Å². The summed E-state index contributed by atoms with van der Waals surface area (Å²) in [6, 6.07) is 0. The van der Waals surface area contributed by atoms with Crippen molar-refractivity contribution in [2.24, 2.45) is 5.92 Å². The Morgan fingerprint density at radius 1 is 1.39 bits per heavy atom. The number of rotatable bonds is 8. The third-order valence-electron chi connectivity index (χ3n) is 3.66. The van der Waals surface area contributed by atoms with Crippen molar-refractivity contribution in [2.75, 3.05) is 13.2 Å². The summed E-state index contributed by atoms with van der Waals surface area (Å²) in [6.07, 6.45) is 10.3. The summed E-state index contributed by atoms with van der Waals surface area (Å²) in [6.45, 7) is 2.46. The molecule has 2 N–H and O–H groups in total. The molecule has 0 spiro atoms. The highest BCUT2D eigenvalue weighted by atomic mass is 16.3. The van der Waals surface area contributed by atoms with Crippen molar-refractivity contribution in [3.05, 3.63) is 11.9 Å². The molecule has 0 unspecified atom stereocenters. The maximum absolute atomic E-state index is 8.77. The Bertz CT molecular complexity index is 333. The smallest absolute Gasteiger partial charge is 0.0964 e. The Kier molecular flexibility index (Phi) is 5.61. The molecule has 102 valence electrons. The van der Waals surface area contributed by atoms with Gasteiger partial charge < -0.3 is 10.4 Å². The van der Waals surface area contributed by atoms with Crippen LogP contribution in [0.4, 0.5) is 0 Å². The van der Waals surface area contributed by atoms with Gasteiger partial charge in [0.15, 0.2) is 0 Å². The lowest BCUT2D eigenvalue weighted by Gasteiger charge is -2.08. The van der Waals surface area contributed by atoms with E-state index in [1.807, 2.05) is 6.20 Å². The number of hydrogen-bond donors (Lipinski definition) is 2. The van der Waals surface area contributed by atoms with Crippen LogP contribution in [-0.4, -0.2) is 33.3 Å². The van der Waals surface area contributed by atoms with Gasteiger partial charge in [0.2, 0.25) is 0 Å². The van der Waals surface area contributed by atoms with Gasteiger partial charge in [-0.15, -0.1) is 5.10 Å². The number of aliphatic hydroxyl groups excluding tert-OH is 1.